The maximum atomic E-state index is 9.71. The van der Waals surface area contributed by atoms with Crippen molar-refractivity contribution in [1.29, 1.82) is 0 Å². The summed E-state index contributed by atoms with van der Waals surface area (Å²) >= 11 is -2.22. The van der Waals surface area contributed by atoms with E-state index in [-0.39, 0.29) is 0 Å². The molecule has 0 spiro atoms. The summed E-state index contributed by atoms with van der Waals surface area (Å²) in [5, 5.41) is 0. The third-order valence-corrected chi connectivity index (χ3v) is 0.305. The molecule has 0 aliphatic carbocycles. The van der Waals surface area contributed by atoms with Crippen molar-refractivity contribution in [1.82, 2.24) is 0 Å². The van der Waals surface area contributed by atoms with Gasteiger partial charge in [0, 0.05) is 0 Å². The van der Waals surface area contributed by atoms with Gasteiger partial charge in [0.2, 0.25) is 0 Å². The average molecular weight is 313 g/mol. The molecular weight excluding hydrogens is 305 g/mol. The molecule has 0 heterocycles. The zero-order valence-electron chi connectivity index (χ0n) is 5.44. The fraction of sp³-hybridized carbons (Fsp3) is 0.500. The van der Waals surface area contributed by atoms with Crippen LogP contribution in [0.5, 0.6) is 0 Å². The first-order valence-corrected chi connectivity index (χ1v) is 14.9. The Balaban J connectivity index is 0. The standard InChI is InChI=1S/C4H7O2.3ClH.Sn.H/c1-3-6-4(2)5;;;;;/h2-3H2,1H3;3*1H;;/q;;;;+3;/p-3. The van der Waals surface area contributed by atoms with Gasteiger partial charge in [-0.3, -0.25) is 4.79 Å². The van der Waals surface area contributed by atoms with Gasteiger partial charge in [0.25, 0.3) is 0 Å². The first-order chi connectivity index (χ1) is 4.50. The van der Waals surface area contributed by atoms with Gasteiger partial charge in [-0.1, -0.05) is 0 Å². The first kappa shape index (κ1) is 13.7. The second-order valence-corrected chi connectivity index (χ2v) is 15.7. The van der Waals surface area contributed by atoms with Crippen molar-refractivity contribution in [2.45, 2.75) is 6.92 Å². The summed E-state index contributed by atoms with van der Waals surface area (Å²) in [4.78, 5) is 9.71. The summed E-state index contributed by atoms with van der Waals surface area (Å²) in [7, 11) is 15.0. The third kappa shape index (κ3) is 35.3. The van der Waals surface area contributed by atoms with Crippen LogP contribution >= 0.6 is 26.8 Å². The number of carbonyl (C=O) groups is 1. The van der Waals surface area contributed by atoms with E-state index in [1.165, 1.54) is 0 Å². The van der Waals surface area contributed by atoms with Gasteiger partial charge in [-0.05, 0) is 6.92 Å². The summed E-state index contributed by atoms with van der Waals surface area (Å²) in [5.74, 6) is -0.461. The molecular formula is C4H8Cl3O2Sn. The summed E-state index contributed by atoms with van der Waals surface area (Å²) in [5.41, 5.74) is 0. The molecule has 0 amide bonds. The molecule has 0 unspecified atom stereocenters. The van der Waals surface area contributed by atoms with Gasteiger partial charge < -0.3 is 4.74 Å². The van der Waals surface area contributed by atoms with Crippen LogP contribution in [0.4, 0.5) is 0 Å². The molecule has 0 saturated carbocycles. The second kappa shape index (κ2) is 10.1. The molecule has 6 heteroatoms. The normalized spacial score (nSPS) is 8.20. The van der Waals surface area contributed by atoms with Gasteiger partial charge in [0.05, 0.1) is 13.5 Å². The molecule has 0 aromatic carbocycles. The Morgan fingerprint density at radius 3 is 1.90 bits per heavy atom. The number of rotatable bonds is 1. The fourth-order valence-electron chi connectivity index (χ4n) is 0.161. The Morgan fingerprint density at radius 2 is 1.90 bits per heavy atom. The van der Waals surface area contributed by atoms with Crippen LogP contribution in [0.25, 0.3) is 0 Å². The second-order valence-electron chi connectivity index (χ2n) is 1.05. The molecule has 10 heavy (non-hydrogen) atoms. The molecule has 0 aromatic rings. The van der Waals surface area contributed by atoms with E-state index in [4.69, 9.17) is 26.8 Å². The van der Waals surface area contributed by atoms with Crippen LogP contribution < -0.4 is 0 Å². The number of hydrogen-bond acceptors (Lipinski definition) is 2. The molecule has 0 aliphatic rings. The quantitative estimate of drug-likeness (QED) is 0.545. The Hall–Kier alpha value is 1.14. The van der Waals surface area contributed by atoms with Gasteiger partial charge in [-0.15, -0.1) is 0 Å². The van der Waals surface area contributed by atoms with Crippen LogP contribution in [-0.4, -0.2) is 29.0 Å². The molecule has 0 aromatic heterocycles. The summed E-state index contributed by atoms with van der Waals surface area (Å²) in [6, 6.07) is 0. The molecule has 0 rings (SSSR count). The molecule has 0 N–H and O–H groups in total. The third-order valence-electron chi connectivity index (χ3n) is 0.305. The van der Waals surface area contributed by atoms with Crippen molar-refractivity contribution in [2.24, 2.45) is 0 Å². The van der Waals surface area contributed by atoms with Crippen LogP contribution in [0.3, 0.4) is 0 Å². The van der Waals surface area contributed by atoms with Crippen molar-refractivity contribution < 1.29 is 9.53 Å². The number of halogens is 3. The zero-order chi connectivity index (χ0) is 8.57. The predicted octanol–water partition coefficient (Wildman–Crippen LogP) is 1.80. The monoisotopic (exact) mass is 313 g/mol. The number of ether oxygens (including phenoxy) is 1. The van der Waals surface area contributed by atoms with E-state index in [0.717, 1.165) is 0 Å². The van der Waals surface area contributed by atoms with E-state index in [0.29, 0.717) is 6.61 Å². The molecule has 0 atom stereocenters. The van der Waals surface area contributed by atoms with Crippen LogP contribution in [0, 0.1) is 6.92 Å². The molecule has 0 bridgehead atoms. The van der Waals surface area contributed by atoms with Gasteiger partial charge in [-0.25, -0.2) is 0 Å². The Labute approximate surface area is 78.7 Å². The van der Waals surface area contributed by atoms with Crippen molar-refractivity contribution in [2.75, 3.05) is 6.61 Å². The van der Waals surface area contributed by atoms with E-state index >= 15 is 0 Å². The zero-order valence-corrected chi connectivity index (χ0v) is 11.0. The SMILES string of the molecule is [CH2]C(=O)OCC.[Cl][SnH]([Cl])[Cl]. The van der Waals surface area contributed by atoms with Crippen LogP contribution in [0.1, 0.15) is 6.92 Å². The predicted molar refractivity (Wildman–Crippen MR) is 46.7 cm³/mol. The van der Waals surface area contributed by atoms with E-state index < -0.39 is 22.3 Å². The van der Waals surface area contributed by atoms with E-state index in [1.807, 2.05) is 0 Å². The van der Waals surface area contributed by atoms with Gasteiger partial charge in [0.15, 0.2) is 0 Å². The van der Waals surface area contributed by atoms with E-state index in [2.05, 4.69) is 11.7 Å². The molecule has 61 valence electrons. The average Bonchev–Trinajstić information content (AvgIpc) is 1.62. The Kier molecular flexibility index (Phi) is 13.9. The molecule has 2 nitrogen and oxygen atoms in total. The summed E-state index contributed by atoms with van der Waals surface area (Å²) in [6.45, 7) is 5.13. The topological polar surface area (TPSA) is 26.3 Å². The molecule has 1 radical (unpaired) electrons. The molecule has 0 saturated heterocycles. The molecule has 0 fully saturated rings. The van der Waals surface area contributed by atoms with Crippen molar-refractivity contribution in [3.63, 3.8) is 0 Å². The van der Waals surface area contributed by atoms with Gasteiger partial charge in [0.1, 0.15) is 0 Å². The van der Waals surface area contributed by atoms with Crippen molar-refractivity contribution in [3.05, 3.63) is 6.92 Å². The number of hydrogen-bond donors (Lipinski definition) is 0. The Morgan fingerprint density at radius 1 is 1.60 bits per heavy atom. The maximum absolute atomic E-state index is 9.71. The summed E-state index contributed by atoms with van der Waals surface area (Å²) in [6.07, 6.45) is 0. The molecule has 0 aliphatic heterocycles. The van der Waals surface area contributed by atoms with Crippen molar-refractivity contribution >= 4 is 49.1 Å². The first-order valence-electron chi connectivity index (χ1n) is 2.41. The van der Waals surface area contributed by atoms with Crippen LogP contribution in [0.15, 0.2) is 0 Å². The van der Waals surface area contributed by atoms with Gasteiger partial charge >= 0.3 is 49.1 Å². The minimum atomic E-state index is -2.22. The summed E-state index contributed by atoms with van der Waals surface area (Å²) < 4.78 is 4.29. The number of carbonyl (C=O) groups excluding carboxylic acids is 1. The van der Waals surface area contributed by atoms with Crippen LogP contribution in [0.2, 0.25) is 0 Å². The van der Waals surface area contributed by atoms with Gasteiger partial charge in [-0.2, -0.15) is 0 Å². The van der Waals surface area contributed by atoms with Crippen LogP contribution in [-0.2, 0) is 9.53 Å². The minimum absolute atomic E-state index is 0.419. The van der Waals surface area contributed by atoms with E-state index in [1.54, 1.807) is 6.92 Å². The Bertz CT molecular complexity index is 85.8. The fourth-order valence-corrected chi connectivity index (χ4v) is 0.161. The van der Waals surface area contributed by atoms with Crippen molar-refractivity contribution in [3.8, 4) is 0 Å². The number of esters is 1. The van der Waals surface area contributed by atoms with E-state index in [9.17, 15) is 4.79 Å².